The van der Waals surface area contributed by atoms with Crippen LogP contribution in [-0.2, 0) is 9.59 Å². The average Bonchev–Trinajstić information content (AvgIpc) is 2.74. The third-order valence-corrected chi connectivity index (χ3v) is 6.73. The average molecular weight is 395 g/mol. The predicted octanol–water partition coefficient (Wildman–Crippen LogP) is 2.53. The van der Waals surface area contributed by atoms with Crippen LogP contribution in [-0.4, -0.2) is 58.5 Å². The highest BCUT2D eigenvalue weighted by Gasteiger charge is 2.54. The first-order chi connectivity index (χ1) is 14.1. The van der Waals surface area contributed by atoms with Crippen LogP contribution in [0.1, 0.15) is 62.5 Å². The van der Waals surface area contributed by atoms with E-state index in [4.69, 9.17) is 0 Å². The Morgan fingerprint density at radius 1 is 1.17 bits per heavy atom. The fourth-order valence-electron chi connectivity index (χ4n) is 5.13. The van der Waals surface area contributed by atoms with Gasteiger partial charge in [-0.15, -0.1) is 0 Å². The molecule has 3 aliphatic rings. The molecule has 2 saturated heterocycles. The Balaban J connectivity index is 1.48. The molecule has 0 aromatic heterocycles. The van der Waals surface area contributed by atoms with E-state index in [0.717, 1.165) is 11.1 Å². The van der Waals surface area contributed by atoms with Crippen molar-refractivity contribution in [2.24, 2.45) is 5.92 Å². The molecule has 29 heavy (non-hydrogen) atoms. The Kier molecular flexibility index (Phi) is 5.91. The van der Waals surface area contributed by atoms with E-state index in [1.165, 1.54) is 32.1 Å². The molecule has 1 N–H and O–H groups in total. The fourth-order valence-corrected chi connectivity index (χ4v) is 5.13. The molecule has 5 nitrogen and oxygen atoms in total. The van der Waals surface area contributed by atoms with E-state index in [1.807, 2.05) is 19.1 Å². The van der Waals surface area contributed by atoms with Crippen LogP contribution in [0, 0.1) is 17.8 Å². The number of hydrogen-bond donors (Lipinski definition) is 1. The summed E-state index contributed by atoms with van der Waals surface area (Å²) < 4.78 is 0. The highest BCUT2D eigenvalue weighted by atomic mass is 16.3. The number of benzene rings is 1. The van der Waals surface area contributed by atoms with Gasteiger partial charge in [0, 0.05) is 30.4 Å². The van der Waals surface area contributed by atoms with Gasteiger partial charge in [0.05, 0.1) is 25.2 Å². The van der Waals surface area contributed by atoms with Crippen molar-refractivity contribution in [3.63, 3.8) is 0 Å². The summed E-state index contributed by atoms with van der Waals surface area (Å²) in [4.78, 5) is 28.1. The van der Waals surface area contributed by atoms with Crippen molar-refractivity contribution in [2.45, 2.75) is 63.5 Å². The third-order valence-electron chi connectivity index (χ3n) is 6.73. The number of hydrogen-bond acceptors (Lipinski definition) is 3. The van der Waals surface area contributed by atoms with E-state index < -0.39 is 0 Å². The van der Waals surface area contributed by atoms with Gasteiger partial charge in [0.1, 0.15) is 0 Å². The molecule has 3 fully saturated rings. The first-order valence-electron chi connectivity index (χ1n) is 10.9. The zero-order valence-electron chi connectivity index (χ0n) is 17.1. The van der Waals surface area contributed by atoms with Crippen molar-refractivity contribution in [1.29, 1.82) is 0 Å². The van der Waals surface area contributed by atoms with Gasteiger partial charge in [0.2, 0.25) is 11.8 Å². The molecule has 3 atom stereocenters. The summed E-state index contributed by atoms with van der Waals surface area (Å²) >= 11 is 0. The predicted molar refractivity (Wildman–Crippen MR) is 111 cm³/mol. The number of carbonyl (C=O) groups is 2. The van der Waals surface area contributed by atoms with Crippen LogP contribution in [0.3, 0.4) is 0 Å². The molecule has 1 aliphatic carbocycles. The maximum Gasteiger partial charge on any atom is 0.242 e. The number of piperazine rings is 1. The molecule has 2 heterocycles. The molecular weight excluding hydrogens is 364 g/mol. The van der Waals surface area contributed by atoms with E-state index in [0.29, 0.717) is 18.9 Å². The van der Waals surface area contributed by atoms with Gasteiger partial charge in [-0.1, -0.05) is 50.2 Å². The van der Waals surface area contributed by atoms with Gasteiger partial charge in [-0.3, -0.25) is 9.59 Å². The van der Waals surface area contributed by atoms with Gasteiger partial charge in [-0.25, -0.2) is 0 Å². The van der Waals surface area contributed by atoms with Gasteiger partial charge in [0.15, 0.2) is 0 Å². The first kappa shape index (κ1) is 20.0. The molecule has 2 amide bonds. The zero-order valence-corrected chi connectivity index (χ0v) is 17.1. The number of fused-ring (bicyclic) bond motifs is 1. The smallest absolute Gasteiger partial charge is 0.242 e. The van der Waals surface area contributed by atoms with Crippen molar-refractivity contribution < 1.29 is 14.7 Å². The molecule has 4 rings (SSSR count). The highest BCUT2D eigenvalue weighted by Crippen LogP contribution is 2.43. The van der Waals surface area contributed by atoms with Crippen LogP contribution < -0.4 is 0 Å². The van der Waals surface area contributed by atoms with Crippen LogP contribution in [0.5, 0.6) is 0 Å². The fraction of sp³-hybridized carbons (Fsp3) is 0.583. The van der Waals surface area contributed by atoms with Crippen LogP contribution >= 0.6 is 0 Å². The van der Waals surface area contributed by atoms with E-state index in [-0.39, 0.29) is 43.0 Å². The van der Waals surface area contributed by atoms with Crippen molar-refractivity contribution in [2.75, 3.05) is 19.7 Å². The van der Waals surface area contributed by atoms with E-state index in [9.17, 15) is 14.7 Å². The number of aliphatic hydroxyl groups is 1. The van der Waals surface area contributed by atoms with Crippen LogP contribution in [0.4, 0.5) is 0 Å². The van der Waals surface area contributed by atoms with Gasteiger partial charge >= 0.3 is 0 Å². The highest BCUT2D eigenvalue weighted by molar-refractivity contribution is 5.87. The normalized spacial score (nSPS) is 27.0. The van der Waals surface area contributed by atoms with E-state index in [2.05, 4.69) is 24.0 Å². The monoisotopic (exact) mass is 394 g/mol. The second kappa shape index (κ2) is 8.59. The second-order valence-corrected chi connectivity index (χ2v) is 8.50. The lowest BCUT2D eigenvalue weighted by Gasteiger charge is -2.58. The molecule has 0 bridgehead atoms. The summed E-state index contributed by atoms with van der Waals surface area (Å²) in [6.07, 6.45) is 6.74. The van der Waals surface area contributed by atoms with Crippen molar-refractivity contribution in [3.8, 4) is 11.8 Å². The lowest BCUT2D eigenvalue weighted by atomic mass is 9.73. The minimum absolute atomic E-state index is 0.0116. The maximum absolute atomic E-state index is 12.5. The number of carbonyl (C=O) groups excluding carboxylic acids is 2. The molecule has 1 aromatic rings. The largest absolute Gasteiger partial charge is 0.394 e. The summed E-state index contributed by atoms with van der Waals surface area (Å²) in [5.74, 6) is 7.27. The molecular formula is C24H30N2O3. The summed E-state index contributed by atoms with van der Waals surface area (Å²) in [6, 6.07) is 7.97. The Labute approximate surface area is 173 Å². The maximum atomic E-state index is 12.5. The SMILES string of the molecule is CCC(=O)N1CC(=O)N2[C@H](C1)[C@H](c1ccc(C#CC3CCCCC3)cc1)[C@@H]2CO. The topological polar surface area (TPSA) is 60.9 Å². The Hall–Kier alpha value is -2.32. The molecule has 2 aliphatic heterocycles. The molecule has 1 saturated carbocycles. The Bertz CT molecular complexity index is 817. The second-order valence-electron chi connectivity index (χ2n) is 8.50. The summed E-state index contributed by atoms with van der Waals surface area (Å²) in [6.45, 7) is 2.43. The third kappa shape index (κ3) is 3.91. The molecule has 0 radical (unpaired) electrons. The zero-order chi connectivity index (χ0) is 20.4. The standard InChI is InChI=1S/C24H30N2O3/c1-2-22(28)25-14-20-24(21(16-27)26(20)23(29)15-25)19-12-10-18(11-13-19)9-8-17-6-4-3-5-7-17/h10-13,17,20-21,24,27H,2-7,14-16H2,1H3/t20-,21+,24+/m1/s1. The van der Waals surface area contributed by atoms with Crippen LogP contribution in [0.15, 0.2) is 24.3 Å². The van der Waals surface area contributed by atoms with Crippen LogP contribution in [0.2, 0.25) is 0 Å². The summed E-state index contributed by atoms with van der Waals surface area (Å²) in [5, 5.41) is 9.88. The van der Waals surface area contributed by atoms with Crippen molar-refractivity contribution >= 4 is 11.8 Å². The van der Waals surface area contributed by atoms with E-state index >= 15 is 0 Å². The van der Waals surface area contributed by atoms with Gasteiger partial charge in [0.25, 0.3) is 0 Å². The quantitative estimate of drug-likeness (QED) is 0.802. The number of nitrogens with zero attached hydrogens (tertiary/aromatic N) is 2. The minimum atomic E-state index is -0.203. The summed E-state index contributed by atoms with van der Waals surface area (Å²) in [5.41, 5.74) is 2.12. The molecule has 154 valence electrons. The molecule has 0 unspecified atom stereocenters. The van der Waals surface area contributed by atoms with E-state index in [1.54, 1.807) is 9.80 Å². The Morgan fingerprint density at radius 2 is 1.90 bits per heavy atom. The lowest BCUT2D eigenvalue weighted by Crippen LogP contribution is -2.73. The molecule has 1 aromatic carbocycles. The van der Waals surface area contributed by atoms with Gasteiger partial charge in [-0.2, -0.15) is 0 Å². The molecule has 0 spiro atoms. The lowest BCUT2D eigenvalue weighted by molar-refractivity contribution is -0.166. The summed E-state index contributed by atoms with van der Waals surface area (Å²) in [7, 11) is 0. The first-order valence-corrected chi connectivity index (χ1v) is 10.9. The molecule has 5 heteroatoms. The van der Waals surface area contributed by atoms with Crippen LogP contribution in [0.25, 0.3) is 0 Å². The van der Waals surface area contributed by atoms with Gasteiger partial charge < -0.3 is 14.9 Å². The Morgan fingerprint density at radius 3 is 2.55 bits per heavy atom. The number of aliphatic hydroxyl groups excluding tert-OH is 1. The van der Waals surface area contributed by atoms with Crippen molar-refractivity contribution in [1.82, 2.24) is 9.80 Å². The minimum Gasteiger partial charge on any atom is -0.394 e. The number of rotatable bonds is 3. The van der Waals surface area contributed by atoms with Crippen molar-refractivity contribution in [3.05, 3.63) is 35.4 Å². The van der Waals surface area contributed by atoms with Gasteiger partial charge in [-0.05, 0) is 30.5 Å². The number of amides is 2.